The van der Waals surface area contributed by atoms with E-state index in [1.165, 1.54) is 0 Å². The van der Waals surface area contributed by atoms with Crippen molar-refractivity contribution in [3.8, 4) is 0 Å². The fraction of sp³-hybridized carbons (Fsp3) is 0.833. The summed E-state index contributed by atoms with van der Waals surface area (Å²) in [5.74, 6) is -0.281. The minimum Gasteiger partial charge on any atom is -0.374 e. The van der Waals surface area contributed by atoms with Crippen LogP contribution in [0.15, 0.2) is 0 Å². The van der Waals surface area contributed by atoms with E-state index < -0.39 is 6.03 Å². The maximum Gasteiger partial charge on any atom is 0.321 e. The van der Waals surface area contributed by atoms with E-state index in [1.54, 1.807) is 13.8 Å². The number of nitrogens with zero attached hydrogens (tertiary/aromatic N) is 1. The normalized spacial score (nSPS) is 21.7. The van der Waals surface area contributed by atoms with E-state index in [0.717, 1.165) is 6.54 Å². The summed E-state index contributed by atoms with van der Waals surface area (Å²) in [6.07, 6.45) is 0.0819. The fourth-order valence-electron chi connectivity index (χ4n) is 2.03. The van der Waals surface area contributed by atoms with Gasteiger partial charge in [-0.3, -0.25) is 15.0 Å². The van der Waals surface area contributed by atoms with Crippen LogP contribution in [0.4, 0.5) is 4.79 Å². The Balaban J connectivity index is 2.44. The van der Waals surface area contributed by atoms with Gasteiger partial charge in [-0.1, -0.05) is 0 Å². The predicted octanol–water partition coefficient (Wildman–Crippen LogP) is -0.859. The summed E-state index contributed by atoms with van der Waals surface area (Å²) in [5, 5.41) is 7.94. The molecule has 19 heavy (non-hydrogen) atoms. The van der Waals surface area contributed by atoms with Gasteiger partial charge in [-0.15, -0.1) is 0 Å². The summed E-state index contributed by atoms with van der Waals surface area (Å²) in [6.45, 7) is 6.84. The monoisotopic (exact) mass is 272 g/mol. The van der Waals surface area contributed by atoms with Crippen molar-refractivity contribution >= 4 is 11.9 Å². The average Bonchev–Trinajstić information content (AvgIpc) is 2.38. The summed E-state index contributed by atoms with van der Waals surface area (Å²) < 4.78 is 5.58. The van der Waals surface area contributed by atoms with Crippen LogP contribution in [0.2, 0.25) is 0 Å². The van der Waals surface area contributed by atoms with Gasteiger partial charge in [-0.2, -0.15) is 0 Å². The molecular formula is C12H24N4O3. The molecule has 1 saturated heterocycles. The number of morpholine rings is 1. The number of carbonyl (C=O) groups excluding carboxylic acids is 2. The van der Waals surface area contributed by atoms with E-state index in [9.17, 15) is 9.59 Å². The maximum atomic E-state index is 11.9. The number of likely N-dealkylation sites (N-methyl/N-ethyl adjacent to an activating group) is 1. The number of carbonyl (C=O) groups is 2. The third kappa shape index (κ3) is 5.14. The zero-order valence-electron chi connectivity index (χ0n) is 11.9. The van der Waals surface area contributed by atoms with E-state index in [2.05, 4.69) is 16.0 Å². The summed E-state index contributed by atoms with van der Waals surface area (Å²) in [6, 6.07) is -0.787. The topological polar surface area (TPSA) is 82.7 Å². The number of rotatable bonds is 5. The molecule has 1 aliphatic rings. The first kappa shape index (κ1) is 15.9. The van der Waals surface area contributed by atoms with Gasteiger partial charge >= 0.3 is 6.03 Å². The fourth-order valence-corrected chi connectivity index (χ4v) is 2.03. The quantitative estimate of drug-likeness (QED) is 0.607. The van der Waals surface area contributed by atoms with Gasteiger partial charge in [0.2, 0.25) is 5.91 Å². The molecule has 0 bridgehead atoms. The SMILES string of the molecule is CCNC(=O)NC(=O)C(C)N1CCOC(CNC)C1. The predicted molar refractivity (Wildman–Crippen MR) is 71.9 cm³/mol. The van der Waals surface area contributed by atoms with Gasteiger partial charge in [0.05, 0.1) is 18.8 Å². The molecule has 3 amide bonds. The molecule has 0 spiro atoms. The average molecular weight is 272 g/mol. The molecule has 2 unspecified atom stereocenters. The number of hydrogen-bond acceptors (Lipinski definition) is 5. The summed E-state index contributed by atoms with van der Waals surface area (Å²) in [4.78, 5) is 25.3. The van der Waals surface area contributed by atoms with Crippen molar-refractivity contribution < 1.29 is 14.3 Å². The lowest BCUT2D eigenvalue weighted by Crippen LogP contribution is -2.55. The number of imide groups is 1. The number of urea groups is 1. The van der Waals surface area contributed by atoms with Crippen LogP contribution in [0.25, 0.3) is 0 Å². The van der Waals surface area contributed by atoms with Crippen LogP contribution in [0.3, 0.4) is 0 Å². The number of ether oxygens (including phenoxy) is 1. The minimum atomic E-state index is -0.445. The standard InChI is InChI=1S/C12H24N4O3/c1-4-14-12(18)15-11(17)9(2)16-5-6-19-10(8-16)7-13-3/h9-10,13H,4-8H2,1-3H3,(H2,14,15,17,18). The van der Waals surface area contributed by atoms with Gasteiger partial charge in [0, 0.05) is 26.2 Å². The Kier molecular flexibility index (Phi) is 6.75. The number of hydrogen-bond donors (Lipinski definition) is 3. The first-order valence-electron chi connectivity index (χ1n) is 6.67. The lowest BCUT2D eigenvalue weighted by Gasteiger charge is -2.35. The molecule has 1 rings (SSSR count). The number of nitrogens with one attached hydrogen (secondary N) is 3. The van der Waals surface area contributed by atoms with Crippen molar-refractivity contribution in [3.05, 3.63) is 0 Å². The number of amides is 3. The van der Waals surface area contributed by atoms with Gasteiger partial charge in [0.15, 0.2) is 0 Å². The highest BCUT2D eigenvalue weighted by Crippen LogP contribution is 2.08. The molecule has 1 fully saturated rings. The van der Waals surface area contributed by atoms with Crippen molar-refractivity contribution in [1.29, 1.82) is 0 Å². The molecule has 0 aliphatic carbocycles. The molecule has 0 aromatic heterocycles. The summed E-state index contributed by atoms with van der Waals surface area (Å²) in [5.41, 5.74) is 0. The smallest absolute Gasteiger partial charge is 0.321 e. The maximum absolute atomic E-state index is 11.9. The Morgan fingerprint density at radius 3 is 2.84 bits per heavy atom. The first-order chi connectivity index (χ1) is 9.08. The van der Waals surface area contributed by atoms with Gasteiger partial charge in [-0.25, -0.2) is 4.79 Å². The Morgan fingerprint density at radius 1 is 1.47 bits per heavy atom. The largest absolute Gasteiger partial charge is 0.374 e. The molecule has 7 heteroatoms. The van der Waals surface area contributed by atoms with Gasteiger partial charge in [-0.05, 0) is 20.9 Å². The molecule has 7 nitrogen and oxygen atoms in total. The second-order valence-electron chi connectivity index (χ2n) is 4.57. The van der Waals surface area contributed by atoms with E-state index >= 15 is 0 Å². The van der Waals surface area contributed by atoms with Crippen LogP contribution in [-0.2, 0) is 9.53 Å². The molecule has 1 heterocycles. The minimum absolute atomic E-state index is 0.0819. The molecule has 1 aliphatic heterocycles. The lowest BCUT2D eigenvalue weighted by molar-refractivity contribution is -0.127. The molecule has 0 aromatic carbocycles. The van der Waals surface area contributed by atoms with Crippen LogP contribution in [0.1, 0.15) is 13.8 Å². The van der Waals surface area contributed by atoms with Gasteiger partial charge < -0.3 is 15.4 Å². The van der Waals surface area contributed by atoms with Gasteiger partial charge in [0.1, 0.15) is 0 Å². The zero-order valence-corrected chi connectivity index (χ0v) is 11.9. The Bertz CT molecular complexity index is 309. The van der Waals surface area contributed by atoms with Crippen LogP contribution in [0, 0.1) is 0 Å². The lowest BCUT2D eigenvalue weighted by atomic mass is 10.2. The second kappa shape index (κ2) is 8.08. The van der Waals surface area contributed by atoms with Crippen LogP contribution in [-0.4, -0.2) is 68.8 Å². The highest BCUT2D eigenvalue weighted by atomic mass is 16.5. The van der Waals surface area contributed by atoms with E-state index in [0.29, 0.717) is 26.2 Å². The molecule has 0 aromatic rings. The Labute approximate surface area is 114 Å². The molecule has 0 saturated carbocycles. The third-order valence-corrected chi connectivity index (χ3v) is 3.10. The van der Waals surface area contributed by atoms with Crippen molar-refractivity contribution in [2.45, 2.75) is 26.0 Å². The van der Waals surface area contributed by atoms with Crippen molar-refractivity contribution in [1.82, 2.24) is 20.9 Å². The van der Waals surface area contributed by atoms with Crippen LogP contribution in [0.5, 0.6) is 0 Å². The van der Waals surface area contributed by atoms with Crippen molar-refractivity contribution in [3.63, 3.8) is 0 Å². The first-order valence-corrected chi connectivity index (χ1v) is 6.67. The summed E-state index contributed by atoms with van der Waals surface area (Å²) >= 11 is 0. The van der Waals surface area contributed by atoms with E-state index in [-0.39, 0.29) is 18.1 Å². The Morgan fingerprint density at radius 2 is 2.21 bits per heavy atom. The molecular weight excluding hydrogens is 248 g/mol. The summed E-state index contributed by atoms with van der Waals surface area (Å²) in [7, 11) is 1.87. The van der Waals surface area contributed by atoms with Crippen LogP contribution >= 0.6 is 0 Å². The second-order valence-corrected chi connectivity index (χ2v) is 4.57. The molecule has 3 N–H and O–H groups in total. The molecule has 2 atom stereocenters. The highest BCUT2D eigenvalue weighted by Gasteiger charge is 2.28. The Hall–Kier alpha value is -1.18. The van der Waals surface area contributed by atoms with Gasteiger partial charge in [0.25, 0.3) is 0 Å². The van der Waals surface area contributed by atoms with Crippen molar-refractivity contribution in [2.75, 3.05) is 39.8 Å². The van der Waals surface area contributed by atoms with E-state index in [4.69, 9.17) is 4.74 Å². The highest BCUT2D eigenvalue weighted by molar-refractivity contribution is 5.96. The van der Waals surface area contributed by atoms with Crippen molar-refractivity contribution in [2.24, 2.45) is 0 Å². The molecule has 0 radical (unpaired) electrons. The molecule has 110 valence electrons. The van der Waals surface area contributed by atoms with E-state index in [1.807, 2.05) is 11.9 Å². The van der Waals surface area contributed by atoms with Crippen LogP contribution < -0.4 is 16.0 Å². The third-order valence-electron chi connectivity index (χ3n) is 3.10. The zero-order chi connectivity index (χ0) is 14.3.